The van der Waals surface area contributed by atoms with Gasteiger partial charge in [0.25, 0.3) is 0 Å². The highest BCUT2D eigenvalue weighted by molar-refractivity contribution is 14.1. The highest BCUT2D eigenvalue weighted by atomic mass is 127. The number of terminal acetylenes is 1. The van der Waals surface area contributed by atoms with Gasteiger partial charge in [-0.15, -0.1) is 6.42 Å². The number of nitrogens with zero attached hydrogens (tertiary/aromatic N) is 4. The van der Waals surface area contributed by atoms with Crippen molar-refractivity contribution in [2.75, 3.05) is 11.9 Å². The van der Waals surface area contributed by atoms with Crippen molar-refractivity contribution in [2.24, 2.45) is 0 Å². The molecule has 28 heavy (non-hydrogen) atoms. The molecular weight excluding hydrogens is 477 g/mol. The number of benzene rings is 1. The molecule has 1 aliphatic rings. The van der Waals surface area contributed by atoms with Crippen LogP contribution in [0.4, 0.5) is 11.5 Å². The summed E-state index contributed by atoms with van der Waals surface area (Å²) in [5, 5.41) is 37.9. The van der Waals surface area contributed by atoms with Gasteiger partial charge in [-0.2, -0.15) is 5.10 Å². The molecule has 144 valence electrons. The molecule has 0 radical (unpaired) electrons. The fraction of sp³-hybridized carbons (Fsp3) is 0.278. The maximum absolute atomic E-state index is 10.3. The Labute approximate surface area is 173 Å². The number of aliphatic hydroxyl groups is 3. The first kappa shape index (κ1) is 19.0. The lowest BCUT2D eigenvalue weighted by molar-refractivity contribution is -0.0568. The fourth-order valence-electron chi connectivity index (χ4n) is 3.11. The van der Waals surface area contributed by atoms with E-state index >= 15 is 0 Å². The van der Waals surface area contributed by atoms with Gasteiger partial charge in [-0.1, -0.05) is 12.0 Å². The van der Waals surface area contributed by atoms with E-state index in [2.05, 4.69) is 26.3 Å². The van der Waals surface area contributed by atoms with Crippen LogP contribution in [0.2, 0.25) is 0 Å². The number of hydrogen-bond acceptors (Lipinski definition) is 8. The van der Waals surface area contributed by atoms with Crippen molar-refractivity contribution in [1.82, 2.24) is 19.7 Å². The molecule has 4 rings (SSSR count). The van der Waals surface area contributed by atoms with Crippen LogP contribution in [0.1, 0.15) is 11.8 Å². The average Bonchev–Trinajstić information content (AvgIpc) is 3.19. The minimum absolute atomic E-state index is 0.418. The Bertz CT molecular complexity index is 1070. The Morgan fingerprint density at radius 1 is 1.29 bits per heavy atom. The van der Waals surface area contributed by atoms with Crippen LogP contribution in [0.25, 0.3) is 11.0 Å². The van der Waals surface area contributed by atoms with E-state index in [0.29, 0.717) is 20.6 Å². The zero-order chi connectivity index (χ0) is 19.8. The van der Waals surface area contributed by atoms with E-state index in [1.807, 2.05) is 46.9 Å². The van der Waals surface area contributed by atoms with Crippen molar-refractivity contribution in [1.29, 1.82) is 0 Å². The first-order valence-electron chi connectivity index (χ1n) is 8.38. The summed E-state index contributed by atoms with van der Waals surface area (Å²) in [6, 6.07) is 7.34. The van der Waals surface area contributed by atoms with Crippen molar-refractivity contribution in [2.45, 2.75) is 24.5 Å². The monoisotopic (exact) mass is 493 g/mol. The van der Waals surface area contributed by atoms with Crippen molar-refractivity contribution in [3.63, 3.8) is 0 Å². The van der Waals surface area contributed by atoms with Gasteiger partial charge in [-0.3, -0.25) is 0 Å². The molecule has 0 aliphatic carbocycles. The second kappa shape index (κ2) is 7.61. The number of nitrogens with one attached hydrogen (secondary N) is 1. The van der Waals surface area contributed by atoms with E-state index in [1.165, 1.54) is 11.0 Å². The van der Waals surface area contributed by atoms with Crippen LogP contribution in [0.5, 0.6) is 0 Å². The number of ether oxygens (including phenoxy) is 1. The highest BCUT2D eigenvalue weighted by Gasteiger charge is 2.44. The zero-order valence-corrected chi connectivity index (χ0v) is 16.6. The van der Waals surface area contributed by atoms with Gasteiger partial charge in [0.1, 0.15) is 34.2 Å². The predicted octanol–water partition coefficient (Wildman–Crippen LogP) is 0.767. The lowest BCUT2D eigenvalue weighted by atomic mass is 10.1. The van der Waals surface area contributed by atoms with Crippen LogP contribution < -0.4 is 5.32 Å². The molecule has 1 aromatic carbocycles. The summed E-state index contributed by atoms with van der Waals surface area (Å²) >= 11 is 2.04. The molecule has 4 atom stereocenters. The molecule has 2 aromatic heterocycles. The lowest BCUT2D eigenvalue weighted by Gasteiger charge is -2.15. The molecule has 1 aliphatic heterocycles. The molecule has 0 saturated carbocycles. The Morgan fingerprint density at radius 3 is 2.82 bits per heavy atom. The third-order valence-electron chi connectivity index (χ3n) is 4.50. The Balaban J connectivity index is 1.75. The second-order valence-corrected chi connectivity index (χ2v) is 7.26. The second-order valence-electron chi connectivity index (χ2n) is 6.24. The topological polar surface area (TPSA) is 126 Å². The largest absolute Gasteiger partial charge is 0.394 e. The third-order valence-corrected chi connectivity index (χ3v) is 5.25. The molecule has 0 amide bonds. The van der Waals surface area contributed by atoms with Gasteiger partial charge in [-0.25, -0.2) is 14.6 Å². The van der Waals surface area contributed by atoms with Gasteiger partial charge in [0.15, 0.2) is 11.9 Å². The summed E-state index contributed by atoms with van der Waals surface area (Å²) in [6.45, 7) is -0.418. The Morgan fingerprint density at radius 2 is 2.11 bits per heavy atom. The van der Waals surface area contributed by atoms with Crippen molar-refractivity contribution >= 4 is 45.1 Å². The molecule has 3 aromatic rings. The van der Waals surface area contributed by atoms with Crippen molar-refractivity contribution < 1.29 is 20.1 Å². The Hall–Kier alpha value is -2.30. The van der Waals surface area contributed by atoms with Gasteiger partial charge < -0.3 is 25.4 Å². The maximum atomic E-state index is 10.3. The summed E-state index contributed by atoms with van der Waals surface area (Å²) < 4.78 is 7.55. The maximum Gasteiger partial charge on any atom is 0.181 e. The minimum Gasteiger partial charge on any atom is -0.394 e. The number of hydrogen-bond donors (Lipinski definition) is 4. The number of aromatic nitrogens is 4. The molecule has 1 fully saturated rings. The molecule has 10 heteroatoms. The summed E-state index contributed by atoms with van der Waals surface area (Å²) in [5.74, 6) is 3.10. The fourth-order valence-corrected chi connectivity index (χ4v) is 3.84. The van der Waals surface area contributed by atoms with Crippen LogP contribution in [-0.2, 0) is 4.74 Å². The van der Waals surface area contributed by atoms with E-state index in [0.717, 1.165) is 11.3 Å². The van der Waals surface area contributed by atoms with Gasteiger partial charge >= 0.3 is 0 Å². The van der Waals surface area contributed by atoms with Gasteiger partial charge in [0.05, 0.1) is 12.0 Å². The predicted molar refractivity (Wildman–Crippen MR) is 109 cm³/mol. The summed E-state index contributed by atoms with van der Waals surface area (Å²) in [5.41, 5.74) is 1.91. The first-order chi connectivity index (χ1) is 13.5. The Kier molecular flexibility index (Phi) is 5.17. The van der Waals surface area contributed by atoms with Crippen LogP contribution in [-0.4, -0.2) is 60.0 Å². The van der Waals surface area contributed by atoms with Gasteiger partial charge in [0, 0.05) is 11.3 Å². The lowest BCUT2D eigenvalue weighted by Crippen LogP contribution is -2.33. The number of halogens is 1. The first-order valence-corrected chi connectivity index (χ1v) is 9.46. The summed E-state index contributed by atoms with van der Waals surface area (Å²) in [6.07, 6.45) is 2.46. The normalized spacial score (nSPS) is 24.4. The van der Waals surface area contributed by atoms with E-state index < -0.39 is 31.1 Å². The number of aliphatic hydroxyl groups excluding tert-OH is 3. The third kappa shape index (κ3) is 3.21. The van der Waals surface area contributed by atoms with Gasteiger partial charge in [-0.05, 0) is 40.8 Å². The van der Waals surface area contributed by atoms with Crippen molar-refractivity contribution in [3.05, 3.63) is 39.9 Å². The molecule has 1 saturated heterocycles. The van der Waals surface area contributed by atoms with Crippen LogP contribution in [0.3, 0.4) is 0 Å². The smallest absolute Gasteiger partial charge is 0.181 e. The van der Waals surface area contributed by atoms with E-state index in [4.69, 9.17) is 11.2 Å². The molecule has 3 heterocycles. The summed E-state index contributed by atoms with van der Waals surface area (Å²) in [4.78, 5) is 8.57. The van der Waals surface area contributed by atoms with Crippen molar-refractivity contribution in [3.8, 4) is 12.3 Å². The molecule has 0 spiro atoms. The quantitative estimate of drug-likeness (QED) is 0.310. The number of anilines is 2. The van der Waals surface area contributed by atoms with Crippen LogP contribution in [0.15, 0.2) is 30.6 Å². The molecule has 0 unspecified atom stereocenters. The van der Waals surface area contributed by atoms with Gasteiger partial charge in [0.2, 0.25) is 0 Å². The number of rotatable bonds is 4. The van der Waals surface area contributed by atoms with Crippen LogP contribution in [0, 0.1) is 16.0 Å². The summed E-state index contributed by atoms with van der Waals surface area (Å²) in [7, 11) is 0. The highest BCUT2D eigenvalue weighted by Crippen LogP contribution is 2.34. The molecular formula is C18H16IN5O4. The van der Waals surface area contributed by atoms with E-state index in [1.54, 1.807) is 0 Å². The zero-order valence-electron chi connectivity index (χ0n) is 14.4. The van der Waals surface area contributed by atoms with E-state index in [-0.39, 0.29) is 0 Å². The SMILES string of the molecule is C#Cc1cccc(Nc2ncnc3c2c(I)nn3[C@@H]2O[C@H](CO)[C@@H](O)[C@H]2O)c1. The molecule has 0 bridgehead atoms. The standard InChI is InChI=1S/C18H16IN5O4/c1-2-9-4-3-5-10(6-9)22-16-12-15(19)23-24(17(12)21-8-20-16)18-14(27)13(26)11(7-25)28-18/h1,3-6,8,11,13-14,18,25-27H,7H2,(H,20,21,22)/t11-,13-,14-,18-/m1/s1. The molecule has 4 N–H and O–H groups in total. The minimum atomic E-state index is -1.25. The average molecular weight is 493 g/mol. The van der Waals surface area contributed by atoms with Crippen LogP contribution >= 0.6 is 22.6 Å². The van der Waals surface area contributed by atoms with E-state index in [9.17, 15) is 15.3 Å². The number of fused-ring (bicyclic) bond motifs is 1. The molecule has 9 nitrogen and oxygen atoms in total.